The van der Waals surface area contributed by atoms with Crippen LogP contribution in [0, 0.1) is 0 Å². The van der Waals surface area contributed by atoms with Gasteiger partial charge in [0.1, 0.15) is 0 Å². The molecule has 5 nitrogen and oxygen atoms in total. The highest BCUT2D eigenvalue weighted by Gasteiger charge is 2.40. The maximum absolute atomic E-state index is 12.4. The number of amides is 2. The van der Waals surface area contributed by atoms with Gasteiger partial charge in [0.05, 0.1) is 5.54 Å². The summed E-state index contributed by atoms with van der Waals surface area (Å²) in [4.78, 5) is 23.5. The second kappa shape index (κ2) is 5.69. The predicted molar refractivity (Wildman–Crippen MR) is 69.1 cm³/mol. The highest BCUT2D eigenvalue weighted by atomic mass is 16.2. The number of carbonyl (C=O) groups is 2. The Morgan fingerprint density at radius 1 is 1.56 bits per heavy atom. The van der Waals surface area contributed by atoms with Gasteiger partial charge in [0.15, 0.2) is 0 Å². The van der Waals surface area contributed by atoms with Crippen LogP contribution in [0.2, 0.25) is 0 Å². The fourth-order valence-electron chi connectivity index (χ4n) is 2.93. The van der Waals surface area contributed by atoms with Crippen molar-refractivity contribution in [3.8, 4) is 0 Å². The largest absolute Gasteiger partial charge is 0.354 e. The fraction of sp³-hybridized carbons (Fsp3) is 0.846. The molecule has 0 bridgehead atoms. The summed E-state index contributed by atoms with van der Waals surface area (Å²) in [5.74, 6) is 0.200. The Morgan fingerprint density at radius 2 is 2.39 bits per heavy atom. The molecule has 2 aliphatic rings. The van der Waals surface area contributed by atoms with Crippen LogP contribution in [0.3, 0.4) is 0 Å². The van der Waals surface area contributed by atoms with E-state index in [-0.39, 0.29) is 23.4 Å². The maximum atomic E-state index is 12.4. The average molecular weight is 253 g/mol. The summed E-state index contributed by atoms with van der Waals surface area (Å²) in [5, 5.41) is 9.26. The summed E-state index contributed by atoms with van der Waals surface area (Å²) < 4.78 is 0. The van der Waals surface area contributed by atoms with Crippen LogP contribution in [0.15, 0.2) is 0 Å². The Labute approximate surface area is 108 Å². The lowest BCUT2D eigenvalue weighted by Gasteiger charge is -2.32. The SMILES string of the molecule is CCCC1(C(=O)NC2CCC(=O)NC2)CCCN1. The summed E-state index contributed by atoms with van der Waals surface area (Å²) in [7, 11) is 0. The van der Waals surface area contributed by atoms with Gasteiger partial charge in [-0.15, -0.1) is 0 Å². The molecule has 3 N–H and O–H groups in total. The highest BCUT2D eigenvalue weighted by molar-refractivity contribution is 5.87. The summed E-state index contributed by atoms with van der Waals surface area (Å²) in [6.07, 6.45) is 5.14. The minimum Gasteiger partial charge on any atom is -0.354 e. The van der Waals surface area contributed by atoms with Crippen LogP contribution in [0.4, 0.5) is 0 Å². The van der Waals surface area contributed by atoms with Gasteiger partial charge in [-0.2, -0.15) is 0 Å². The lowest BCUT2D eigenvalue weighted by molar-refractivity contribution is -0.129. The molecule has 0 radical (unpaired) electrons. The third kappa shape index (κ3) is 2.83. The molecule has 0 aliphatic carbocycles. The van der Waals surface area contributed by atoms with Gasteiger partial charge in [0.25, 0.3) is 0 Å². The maximum Gasteiger partial charge on any atom is 0.240 e. The molecule has 2 fully saturated rings. The van der Waals surface area contributed by atoms with Gasteiger partial charge >= 0.3 is 0 Å². The summed E-state index contributed by atoms with van der Waals surface area (Å²) in [6, 6.07) is 0.0892. The molecule has 2 atom stereocenters. The molecule has 0 aromatic heterocycles. The lowest BCUT2D eigenvalue weighted by Crippen LogP contribution is -2.58. The quantitative estimate of drug-likeness (QED) is 0.675. The fourth-order valence-corrected chi connectivity index (χ4v) is 2.93. The molecule has 2 saturated heterocycles. The number of hydrogen-bond donors (Lipinski definition) is 3. The van der Waals surface area contributed by atoms with Gasteiger partial charge in [0, 0.05) is 19.0 Å². The molecule has 0 spiro atoms. The smallest absolute Gasteiger partial charge is 0.240 e. The molecule has 5 heteroatoms. The number of piperidine rings is 1. The molecule has 102 valence electrons. The van der Waals surface area contributed by atoms with E-state index >= 15 is 0 Å². The third-order valence-electron chi connectivity index (χ3n) is 3.96. The van der Waals surface area contributed by atoms with E-state index in [4.69, 9.17) is 0 Å². The van der Waals surface area contributed by atoms with Crippen LogP contribution in [0.5, 0.6) is 0 Å². The molecule has 2 unspecified atom stereocenters. The van der Waals surface area contributed by atoms with E-state index in [1.807, 2.05) is 0 Å². The molecular formula is C13H23N3O2. The van der Waals surface area contributed by atoms with Crippen molar-refractivity contribution in [2.75, 3.05) is 13.1 Å². The summed E-state index contributed by atoms with van der Waals surface area (Å²) in [5.41, 5.74) is -0.365. The average Bonchev–Trinajstić information content (AvgIpc) is 2.82. The first-order chi connectivity index (χ1) is 8.66. The Balaban J connectivity index is 1.91. The number of carbonyl (C=O) groups excluding carboxylic acids is 2. The topological polar surface area (TPSA) is 70.2 Å². The minimum atomic E-state index is -0.365. The van der Waals surface area contributed by atoms with E-state index in [2.05, 4.69) is 22.9 Å². The van der Waals surface area contributed by atoms with Crippen LogP contribution in [0.1, 0.15) is 45.4 Å². The number of hydrogen-bond acceptors (Lipinski definition) is 3. The molecule has 2 aliphatic heterocycles. The molecule has 0 aromatic carbocycles. The monoisotopic (exact) mass is 253 g/mol. The van der Waals surface area contributed by atoms with Gasteiger partial charge < -0.3 is 16.0 Å². The van der Waals surface area contributed by atoms with Gasteiger partial charge in [-0.25, -0.2) is 0 Å². The van der Waals surface area contributed by atoms with Crippen molar-refractivity contribution in [1.82, 2.24) is 16.0 Å². The third-order valence-corrected chi connectivity index (χ3v) is 3.96. The molecular weight excluding hydrogens is 230 g/mol. The van der Waals surface area contributed by atoms with Crippen LogP contribution in [-0.4, -0.2) is 36.5 Å². The Morgan fingerprint density at radius 3 is 2.94 bits per heavy atom. The first-order valence-electron chi connectivity index (χ1n) is 6.99. The predicted octanol–water partition coefficient (Wildman–Crippen LogP) is 0.304. The first kappa shape index (κ1) is 13.3. The minimum absolute atomic E-state index is 0.0859. The van der Waals surface area contributed by atoms with Crippen molar-refractivity contribution in [3.63, 3.8) is 0 Å². The van der Waals surface area contributed by atoms with Gasteiger partial charge in [-0.1, -0.05) is 13.3 Å². The van der Waals surface area contributed by atoms with Crippen molar-refractivity contribution in [1.29, 1.82) is 0 Å². The van der Waals surface area contributed by atoms with Crippen molar-refractivity contribution >= 4 is 11.8 Å². The second-order valence-corrected chi connectivity index (χ2v) is 5.38. The Bertz CT molecular complexity index is 314. The van der Waals surface area contributed by atoms with E-state index in [9.17, 15) is 9.59 Å². The summed E-state index contributed by atoms with van der Waals surface area (Å²) >= 11 is 0. The van der Waals surface area contributed by atoms with E-state index in [1.165, 1.54) is 0 Å². The van der Waals surface area contributed by atoms with Gasteiger partial charge in [-0.3, -0.25) is 9.59 Å². The van der Waals surface area contributed by atoms with Gasteiger partial charge in [0.2, 0.25) is 11.8 Å². The van der Waals surface area contributed by atoms with E-state index in [1.54, 1.807) is 0 Å². The van der Waals surface area contributed by atoms with Crippen molar-refractivity contribution in [2.24, 2.45) is 0 Å². The number of rotatable bonds is 4. The lowest BCUT2D eigenvalue weighted by atomic mass is 9.90. The molecule has 18 heavy (non-hydrogen) atoms. The van der Waals surface area contributed by atoms with Crippen molar-refractivity contribution in [3.05, 3.63) is 0 Å². The summed E-state index contributed by atoms with van der Waals surface area (Å²) in [6.45, 7) is 3.59. The first-order valence-corrected chi connectivity index (χ1v) is 6.99. The van der Waals surface area contributed by atoms with Crippen LogP contribution >= 0.6 is 0 Å². The van der Waals surface area contributed by atoms with E-state index in [0.29, 0.717) is 13.0 Å². The molecule has 2 heterocycles. The highest BCUT2D eigenvalue weighted by Crippen LogP contribution is 2.25. The van der Waals surface area contributed by atoms with Crippen LogP contribution < -0.4 is 16.0 Å². The zero-order valence-corrected chi connectivity index (χ0v) is 11.1. The molecule has 2 rings (SSSR count). The zero-order chi connectivity index (χ0) is 13.0. The van der Waals surface area contributed by atoms with E-state index < -0.39 is 0 Å². The molecule has 0 saturated carbocycles. The van der Waals surface area contributed by atoms with Gasteiger partial charge in [-0.05, 0) is 32.2 Å². The van der Waals surface area contributed by atoms with Crippen molar-refractivity contribution in [2.45, 2.75) is 57.0 Å². The van der Waals surface area contributed by atoms with Crippen molar-refractivity contribution < 1.29 is 9.59 Å². The Kier molecular flexibility index (Phi) is 4.22. The molecule has 0 aromatic rings. The normalized spacial score (nSPS) is 32.1. The second-order valence-electron chi connectivity index (χ2n) is 5.38. The van der Waals surface area contributed by atoms with Crippen LogP contribution in [-0.2, 0) is 9.59 Å². The zero-order valence-electron chi connectivity index (χ0n) is 11.1. The standard InChI is InChI=1S/C13H23N3O2/c1-2-6-13(7-3-8-15-13)12(18)16-10-4-5-11(17)14-9-10/h10,15H,2-9H2,1H3,(H,14,17)(H,16,18). The van der Waals surface area contributed by atoms with Crippen LogP contribution in [0.25, 0.3) is 0 Å². The van der Waals surface area contributed by atoms with E-state index in [0.717, 1.165) is 38.6 Å². The number of nitrogens with one attached hydrogen (secondary N) is 3. The Hall–Kier alpha value is -1.10. The molecule has 2 amide bonds.